The summed E-state index contributed by atoms with van der Waals surface area (Å²) in [6.07, 6.45) is 5.41. The lowest BCUT2D eigenvalue weighted by molar-refractivity contribution is -0.128. The largest absolute Gasteiger partial charge is 0.352 e. The number of aryl methyl sites for hydroxylation is 1. The Balaban J connectivity index is 1.40. The lowest BCUT2D eigenvalue weighted by Gasteiger charge is -2.20. The highest BCUT2D eigenvalue weighted by atomic mass is 16.2. The molecule has 2 aliphatic heterocycles. The zero-order valence-corrected chi connectivity index (χ0v) is 16.2. The van der Waals surface area contributed by atoms with Crippen LogP contribution in [0.2, 0.25) is 0 Å². The second-order valence-corrected chi connectivity index (χ2v) is 7.72. The highest BCUT2D eigenvalue weighted by Gasteiger charge is 2.34. The standard InChI is InChI=1S/C21H27N5O2/c1-25-13-17(10-24-25)18-11-22-12-19(18)21(28)23-9-15-5-2-3-6-16(15)14-26-8-4-7-20(26)27/h2-3,5-6,10,13,18-19,22H,4,7-9,11-12,14H2,1H3,(H,23,28)/t18-,19+/m1/s1. The van der Waals surface area contributed by atoms with Crippen LogP contribution in [0, 0.1) is 5.92 Å². The quantitative estimate of drug-likeness (QED) is 0.787. The van der Waals surface area contributed by atoms with E-state index in [9.17, 15) is 9.59 Å². The lowest BCUT2D eigenvalue weighted by Crippen LogP contribution is -2.34. The number of likely N-dealkylation sites (tertiary alicyclic amines) is 1. The van der Waals surface area contributed by atoms with Crippen molar-refractivity contribution in [3.63, 3.8) is 0 Å². The Bertz CT molecular complexity index is 862. The van der Waals surface area contributed by atoms with E-state index in [2.05, 4.69) is 15.7 Å². The number of hydrogen-bond acceptors (Lipinski definition) is 4. The summed E-state index contributed by atoms with van der Waals surface area (Å²) in [7, 11) is 1.89. The third-order valence-electron chi connectivity index (χ3n) is 5.81. The number of aromatic nitrogens is 2. The van der Waals surface area contributed by atoms with Crippen LogP contribution in [0.5, 0.6) is 0 Å². The molecule has 2 fully saturated rings. The molecule has 2 saturated heterocycles. The van der Waals surface area contributed by atoms with Crippen LogP contribution >= 0.6 is 0 Å². The van der Waals surface area contributed by atoms with Crippen molar-refractivity contribution in [2.24, 2.45) is 13.0 Å². The van der Waals surface area contributed by atoms with Gasteiger partial charge in [-0.05, 0) is 23.1 Å². The molecule has 28 heavy (non-hydrogen) atoms. The molecule has 2 aliphatic rings. The van der Waals surface area contributed by atoms with E-state index in [0.717, 1.165) is 36.2 Å². The summed E-state index contributed by atoms with van der Waals surface area (Å²) in [6, 6.07) is 8.04. The minimum atomic E-state index is -0.100. The summed E-state index contributed by atoms with van der Waals surface area (Å²) in [5, 5.41) is 10.7. The van der Waals surface area contributed by atoms with Crippen LogP contribution in [-0.4, -0.2) is 46.1 Å². The number of carbonyl (C=O) groups is 2. The van der Waals surface area contributed by atoms with Crippen molar-refractivity contribution >= 4 is 11.8 Å². The summed E-state index contributed by atoms with van der Waals surface area (Å²) in [4.78, 5) is 26.7. The van der Waals surface area contributed by atoms with Crippen LogP contribution in [0.4, 0.5) is 0 Å². The van der Waals surface area contributed by atoms with Gasteiger partial charge in [0.25, 0.3) is 0 Å². The smallest absolute Gasteiger partial charge is 0.225 e. The number of benzene rings is 1. The van der Waals surface area contributed by atoms with Gasteiger partial charge >= 0.3 is 0 Å². The molecule has 148 valence electrons. The average molecular weight is 381 g/mol. The van der Waals surface area contributed by atoms with E-state index in [1.54, 1.807) is 4.68 Å². The predicted molar refractivity (Wildman–Crippen MR) is 105 cm³/mol. The first-order valence-electron chi connectivity index (χ1n) is 9.93. The SMILES string of the molecule is Cn1cc([C@H]2CNC[C@@H]2C(=O)NCc2ccccc2CN2CCCC2=O)cn1. The molecule has 4 rings (SSSR count). The first kappa shape index (κ1) is 18.7. The molecule has 0 aliphatic carbocycles. The molecule has 0 unspecified atom stereocenters. The molecular formula is C21H27N5O2. The van der Waals surface area contributed by atoms with Crippen LogP contribution in [0.1, 0.15) is 35.4 Å². The van der Waals surface area contributed by atoms with Crippen molar-refractivity contribution in [2.75, 3.05) is 19.6 Å². The van der Waals surface area contributed by atoms with Crippen molar-refractivity contribution in [1.29, 1.82) is 0 Å². The van der Waals surface area contributed by atoms with Gasteiger partial charge in [-0.1, -0.05) is 24.3 Å². The molecular weight excluding hydrogens is 354 g/mol. The minimum Gasteiger partial charge on any atom is -0.352 e. The molecule has 1 aromatic carbocycles. The predicted octanol–water partition coefficient (Wildman–Crippen LogP) is 1.16. The lowest BCUT2D eigenvalue weighted by atomic mass is 9.90. The van der Waals surface area contributed by atoms with E-state index < -0.39 is 0 Å². The van der Waals surface area contributed by atoms with Crippen LogP contribution in [0.3, 0.4) is 0 Å². The monoisotopic (exact) mass is 381 g/mol. The molecule has 0 radical (unpaired) electrons. The number of hydrogen-bond donors (Lipinski definition) is 2. The second kappa shape index (κ2) is 8.14. The Morgan fingerprint density at radius 3 is 2.82 bits per heavy atom. The summed E-state index contributed by atoms with van der Waals surface area (Å²) >= 11 is 0. The van der Waals surface area contributed by atoms with Crippen molar-refractivity contribution in [3.8, 4) is 0 Å². The molecule has 2 aromatic rings. The number of nitrogens with one attached hydrogen (secondary N) is 2. The summed E-state index contributed by atoms with van der Waals surface area (Å²) in [5.41, 5.74) is 3.27. The molecule has 2 atom stereocenters. The number of nitrogens with zero attached hydrogens (tertiary/aromatic N) is 3. The van der Waals surface area contributed by atoms with Crippen molar-refractivity contribution < 1.29 is 9.59 Å². The van der Waals surface area contributed by atoms with Crippen LogP contribution in [-0.2, 0) is 29.7 Å². The molecule has 7 nitrogen and oxygen atoms in total. The minimum absolute atomic E-state index is 0.0610. The molecule has 0 spiro atoms. The molecule has 3 heterocycles. The normalized spacial score (nSPS) is 22.0. The van der Waals surface area contributed by atoms with Crippen molar-refractivity contribution in [3.05, 3.63) is 53.3 Å². The fraction of sp³-hybridized carbons (Fsp3) is 0.476. The zero-order chi connectivity index (χ0) is 19.5. The van der Waals surface area contributed by atoms with Gasteiger partial charge in [-0.25, -0.2) is 0 Å². The molecule has 7 heteroatoms. The number of rotatable bonds is 6. The zero-order valence-electron chi connectivity index (χ0n) is 16.2. The fourth-order valence-corrected chi connectivity index (χ4v) is 4.21. The Morgan fingerprint density at radius 1 is 1.29 bits per heavy atom. The molecule has 2 N–H and O–H groups in total. The van der Waals surface area contributed by atoms with E-state index in [0.29, 0.717) is 26.1 Å². The Morgan fingerprint density at radius 2 is 2.11 bits per heavy atom. The molecule has 0 bridgehead atoms. The summed E-state index contributed by atoms with van der Waals surface area (Å²) in [6.45, 7) is 3.38. The molecule has 2 amide bonds. The average Bonchev–Trinajstić information content (AvgIpc) is 3.42. The van der Waals surface area contributed by atoms with E-state index in [4.69, 9.17) is 0 Å². The van der Waals surface area contributed by atoms with Gasteiger partial charge in [0.15, 0.2) is 0 Å². The third-order valence-corrected chi connectivity index (χ3v) is 5.81. The maximum atomic E-state index is 12.9. The fourth-order valence-electron chi connectivity index (χ4n) is 4.21. The Labute approximate surface area is 165 Å². The van der Waals surface area contributed by atoms with Gasteiger partial charge in [-0.2, -0.15) is 5.10 Å². The second-order valence-electron chi connectivity index (χ2n) is 7.72. The van der Waals surface area contributed by atoms with Crippen molar-refractivity contribution in [1.82, 2.24) is 25.3 Å². The maximum Gasteiger partial charge on any atom is 0.225 e. The topological polar surface area (TPSA) is 79.3 Å². The van der Waals surface area contributed by atoms with Crippen molar-refractivity contribution in [2.45, 2.75) is 31.8 Å². The Hall–Kier alpha value is -2.67. The van der Waals surface area contributed by atoms with Gasteiger partial charge in [0.2, 0.25) is 11.8 Å². The molecule has 0 saturated carbocycles. The highest BCUT2D eigenvalue weighted by Crippen LogP contribution is 2.28. The van der Waals surface area contributed by atoms with E-state index in [-0.39, 0.29) is 23.7 Å². The van der Waals surface area contributed by atoms with E-state index in [1.165, 1.54) is 0 Å². The summed E-state index contributed by atoms with van der Waals surface area (Å²) < 4.78 is 1.78. The van der Waals surface area contributed by atoms with Gasteiger partial charge < -0.3 is 15.5 Å². The maximum absolute atomic E-state index is 12.9. The van der Waals surface area contributed by atoms with E-state index >= 15 is 0 Å². The first-order chi connectivity index (χ1) is 13.6. The number of carbonyl (C=O) groups excluding carboxylic acids is 2. The van der Waals surface area contributed by atoms with E-state index in [1.807, 2.05) is 48.6 Å². The van der Waals surface area contributed by atoms with Gasteiger partial charge in [0.1, 0.15) is 0 Å². The van der Waals surface area contributed by atoms with Gasteiger partial charge in [0.05, 0.1) is 12.1 Å². The van der Waals surface area contributed by atoms with Gasteiger partial charge in [-0.15, -0.1) is 0 Å². The Kier molecular flexibility index (Phi) is 5.43. The summed E-state index contributed by atoms with van der Waals surface area (Å²) in [5.74, 6) is 0.323. The van der Waals surface area contributed by atoms with Gasteiger partial charge in [-0.3, -0.25) is 14.3 Å². The highest BCUT2D eigenvalue weighted by molar-refractivity contribution is 5.80. The molecule has 1 aromatic heterocycles. The number of amides is 2. The third kappa shape index (κ3) is 3.94. The van der Waals surface area contributed by atoms with Crippen LogP contribution in [0.25, 0.3) is 0 Å². The van der Waals surface area contributed by atoms with Crippen LogP contribution < -0.4 is 10.6 Å². The first-order valence-corrected chi connectivity index (χ1v) is 9.93. The van der Waals surface area contributed by atoms with Crippen LogP contribution in [0.15, 0.2) is 36.7 Å². The van der Waals surface area contributed by atoms with Gasteiger partial charge in [0, 0.05) is 58.3 Å².